The Bertz CT molecular complexity index is 882. The summed E-state index contributed by atoms with van der Waals surface area (Å²) < 4.78 is 36.8. The second-order valence-corrected chi connectivity index (χ2v) is 11.1. The molecular weight excluding hydrogens is 388 g/mol. The van der Waals surface area contributed by atoms with Crippen molar-refractivity contribution in [3.8, 4) is 0 Å². The van der Waals surface area contributed by atoms with Crippen molar-refractivity contribution in [2.24, 2.45) is 23.2 Å². The van der Waals surface area contributed by atoms with Crippen LogP contribution in [0.1, 0.15) is 51.0 Å². The SMILES string of the molecule is C=C(C)C(=O)OC(COS(=O)(=O)c1cccc(C)c1)C12CC3CC(CC(C3)C1)C2. The topological polar surface area (TPSA) is 69.7 Å². The third-order valence-corrected chi connectivity index (χ3v) is 8.30. The molecule has 4 aliphatic carbocycles. The number of rotatable bonds is 7. The van der Waals surface area contributed by atoms with Crippen LogP contribution in [-0.4, -0.2) is 27.1 Å². The minimum Gasteiger partial charge on any atom is -0.456 e. The molecule has 0 spiro atoms. The van der Waals surface area contributed by atoms with Crippen molar-refractivity contribution in [1.29, 1.82) is 0 Å². The van der Waals surface area contributed by atoms with E-state index in [9.17, 15) is 13.2 Å². The predicted octanol–water partition coefficient (Wildman–Crippen LogP) is 4.40. The molecule has 4 saturated carbocycles. The van der Waals surface area contributed by atoms with Crippen LogP contribution in [0.15, 0.2) is 41.3 Å². The highest BCUT2D eigenvalue weighted by Crippen LogP contribution is 2.61. The quantitative estimate of drug-likeness (QED) is 0.373. The fourth-order valence-corrected chi connectivity index (χ4v) is 7.14. The van der Waals surface area contributed by atoms with Gasteiger partial charge in [0.1, 0.15) is 12.7 Å². The molecule has 0 amide bonds. The standard InChI is InChI=1S/C23H30O5S/c1-15(2)22(24)28-21(14-27-29(25,26)20-6-4-5-16(3)7-20)23-11-17-8-18(12-23)10-19(9-17)13-23/h4-7,17-19,21H,1,8-14H2,2-3H3. The molecule has 1 atom stereocenters. The maximum Gasteiger partial charge on any atom is 0.333 e. The third-order valence-electron chi connectivity index (χ3n) is 7.02. The Morgan fingerprint density at radius 1 is 1.17 bits per heavy atom. The number of esters is 1. The lowest BCUT2D eigenvalue weighted by atomic mass is 9.48. The number of benzene rings is 1. The second-order valence-electron chi connectivity index (χ2n) is 9.51. The first-order valence-electron chi connectivity index (χ1n) is 10.5. The van der Waals surface area contributed by atoms with Crippen LogP contribution >= 0.6 is 0 Å². The Balaban J connectivity index is 1.57. The number of hydrogen-bond donors (Lipinski definition) is 0. The van der Waals surface area contributed by atoms with Gasteiger partial charge in [0, 0.05) is 11.0 Å². The van der Waals surface area contributed by atoms with E-state index in [0.29, 0.717) is 23.3 Å². The van der Waals surface area contributed by atoms with Gasteiger partial charge < -0.3 is 4.74 Å². The Kier molecular flexibility index (Phi) is 5.36. The van der Waals surface area contributed by atoms with E-state index in [2.05, 4.69) is 6.58 Å². The van der Waals surface area contributed by atoms with Gasteiger partial charge in [-0.3, -0.25) is 4.18 Å². The van der Waals surface area contributed by atoms with Crippen molar-refractivity contribution in [3.63, 3.8) is 0 Å². The zero-order valence-electron chi connectivity index (χ0n) is 17.2. The number of carbonyl (C=O) groups is 1. The van der Waals surface area contributed by atoms with Crippen LogP contribution < -0.4 is 0 Å². The lowest BCUT2D eigenvalue weighted by Gasteiger charge is -2.58. The van der Waals surface area contributed by atoms with E-state index in [1.165, 1.54) is 25.3 Å². The number of hydrogen-bond acceptors (Lipinski definition) is 5. The van der Waals surface area contributed by atoms with E-state index < -0.39 is 22.2 Å². The van der Waals surface area contributed by atoms with E-state index in [1.807, 2.05) is 13.0 Å². The summed E-state index contributed by atoms with van der Waals surface area (Å²) >= 11 is 0. The lowest BCUT2D eigenvalue weighted by Crippen LogP contribution is -2.54. The van der Waals surface area contributed by atoms with E-state index in [-0.39, 0.29) is 16.9 Å². The molecule has 0 heterocycles. The smallest absolute Gasteiger partial charge is 0.333 e. The summed E-state index contributed by atoms with van der Waals surface area (Å²) in [6, 6.07) is 6.66. The van der Waals surface area contributed by atoms with Crippen LogP contribution in [0.2, 0.25) is 0 Å². The molecule has 0 aromatic heterocycles. The fraction of sp³-hybridized carbons (Fsp3) is 0.609. The zero-order valence-corrected chi connectivity index (χ0v) is 18.0. The summed E-state index contributed by atoms with van der Waals surface area (Å²) in [6.45, 7) is 7.00. The molecular formula is C23H30O5S. The Hall–Kier alpha value is -1.66. The molecule has 5 nitrogen and oxygen atoms in total. The molecule has 29 heavy (non-hydrogen) atoms. The minimum absolute atomic E-state index is 0.132. The van der Waals surface area contributed by atoms with Crippen molar-refractivity contribution in [2.75, 3.05) is 6.61 Å². The monoisotopic (exact) mass is 418 g/mol. The Morgan fingerprint density at radius 2 is 1.76 bits per heavy atom. The van der Waals surface area contributed by atoms with Gasteiger partial charge in [-0.2, -0.15) is 8.42 Å². The van der Waals surface area contributed by atoms with Crippen LogP contribution in [-0.2, 0) is 23.8 Å². The van der Waals surface area contributed by atoms with Gasteiger partial charge in [0.05, 0.1) is 4.90 Å². The summed E-state index contributed by atoms with van der Waals surface area (Å²) in [7, 11) is -3.92. The molecule has 4 aliphatic rings. The molecule has 0 N–H and O–H groups in total. The van der Waals surface area contributed by atoms with E-state index in [1.54, 1.807) is 19.1 Å². The van der Waals surface area contributed by atoms with Gasteiger partial charge in [-0.05, 0) is 87.8 Å². The van der Waals surface area contributed by atoms with Gasteiger partial charge in [-0.15, -0.1) is 0 Å². The zero-order chi connectivity index (χ0) is 20.8. The van der Waals surface area contributed by atoms with E-state index >= 15 is 0 Å². The van der Waals surface area contributed by atoms with Crippen LogP contribution in [0, 0.1) is 30.1 Å². The van der Waals surface area contributed by atoms with Gasteiger partial charge >= 0.3 is 5.97 Å². The van der Waals surface area contributed by atoms with Gasteiger partial charge in [-0.1, -0.05) is 18.7 Å². The molecule has 1 aromatic rings. The van der Waals surface area contributed by atoms with Crippen LogP contribution in [0.5, 0.6) is 0 Å². The number of ether oxygens (including phenoxy) is 1. The number of carbonyl (C=O) groups excluding carboxylic acids is 1. The van der Waals surface area contributed by atoms with Gasteiger partial charge in [0.2, 0.25) is 0 Å². The maximum atomic E-state index is 12.8. The summed E-state index contributed by atoms with van der Waals surface area (Å²) in [5.41, 5.74) is 0.990. The van der Waals surface area contributed by atoms with Crippen molar-refractivity contribution >= 4 is 16.1 Å². The molecule has 1 unspecified atom stereocenters. The van der Waals surface area contributed by atoms with E-state index in [0.717, 1.165) is 24.8 Å². The first kappa shape index (κ1) is 20.6. The molecule has 5 rings (SSSR count). The highest BCUT2D eigenvalue weighted by molar-refractivity contribution is 7.86. The van der Waals surface area contributed by atoms with Crippen molar-refractivity contribution in [1.82, 2.24) is 0 Å². The first-order chi connectivity index (χ1) is 13.7. The summed E-state index contributed by atoms with van der Waals surface area (Å²) in [6.07, 6.45) is 6.15. The van der Waals surface area contributed by atoms with Crippen LogP contribution in [0.25, 0.3) is 0 Å². The maximum absolute atomic E-state index is 12.8. The lowest BCUT2D eigenvalue weighted by molar-refractivity contribution is -0.173. The molecule has 0 radical (unpaired) electrons. The van der Waals surface area contributed by atoms with Crippen LogP contribution in [0.4, 0.5) is 0 Å². The predicted molar refractivity (Wildman–Crippen MR) is 110 cm³/mol. The molecule has 1 aromatic carbocycles. The highest BCUT2D eigenvalue weighted by Gasteiger charge is 2.55. The van der Waals surface area contributed by atoms with Crippen molar-refractivity contribution < 1.29 is 22.1 Å². The Labute approximate surface area is 173 Å². The molecule has 158 valence electrons. The molecule has 4 bridgehead atoms. The minimum atomic E-state index is -3.92. The van der Waals surface area contributed by atoms with Crippen molar-refractivity contribution in [3.05, 3.63) is 42.0 Å². The highest BCUT2D eigenvalue weighted by atomic mass is 32.2. The average Bonchev–Trinajstić information content (AvgIpc) is 2.63. The van der Waals surface area contributed by atoms with Gasteiger partial charge in [0.15, 0.2) is 0 Å². The Morgan fingerprint density at radius 3 is 2.28 bits per heavy atom. The molecule has 6 heteroatoms. The molecule has 0 saturated heterocycles. The summed E-state index contributed by atoms with van der Waals surface area (Å²) in [4.78, 5) is 12.5. The first-order valence-corrected chi connectivity index (χ1v) is 11.9. The van der Waals surface area contributed by atoms with Crippen molar-refractivity contribution in [2.45, 2.75) is 63.4 Å². The largest absolute Gasteiger partial charge is 0.456 e. The normalized spacial score (nSPS) is 31.4. The number of aryl methyl sites for hydroxylation is 1. The second kappa shape index (κ2) is 7.55. The summed E-state index contributed by atoms with van der Waals surface area (Å²) in [5.74, 6) is 1.49. The fourth-order valence-electron chi connectivity index (χ4n) is 6.13. The van der Waals surface area contributed by atoms with Crippen LogP contribution in [0.3, 0.4) is 0 Å². The van der Waals surface area contributed by atoms with Gasteiger partial charge in [0.25, 0.3) is 10.1 Å². The average molecular weight is 419 g/mol. The van der Waals surface area contributed by atoms with E-state index in [4.69, 9.17) is 8.92 Å². The third kappa shape index (κ3) is 4.15. The molecule has 4 fully saturated rings. The molecule has 0 aliphatic heterocycles. The summed E-state index contributed by atoms with van der Waals surface area (Å²) in [5, 5.41) is 0. The van der Waals surface area contributed by atoms with Gasteiger partial charge in [-0.25, -0.2) is 4.79 Å².